The normalized spacial score (nSPS) is 20.3. The predicted molar refractivity (Wildman–Crippen MR) is 67.3 cm³/mol. The molecule has 94 valence electrons. The number of piperidine rings is 1. The van der Waals surface area contributed by atoms with Crippen molar-refractivity contribution in [3.63, 3.8) is 0 Å². The van der Waals surface area contributed by atoms with Gasteiger partial charge >= 0.3 is 0 Å². The molecule has 2 nitrogen and oxygen atoms in total. The SMILES string of the molecule is COc1cc(CC2CCCNC2)cc(Cl)c1F. The summed E-state index contributed by atoms with van der Waals surface area (Å²) >= 11 is 5.84. The van der Waals surface area contributed by atoms with E-state index < -0.39 is 5.82 Å². The summed E-state index contributed by atoms with van der Waals surface area (Å²) in [5.41, 5.74) is 1.04. The number of halogens is 2. The molecule has 1 atom stereocenters. The maximum atomic E-state index is 13.5. The fraction of sp³-hybridized carbons (Fsp3) is 0.538. The van der Waals surface area contributed by atoms with Crippen LogP contribution >= 0.6 is 11.6 Å². The molecule has 1 aromatic carbocycles. The molecular weight excluding hydrogens is 241 g/mol. The zero-order valence-electron chi connectivity index (χ0n) is 9.93. The summed E-state index contributed by atoms with van der Waals surface area (Å²) in [6.07, 6.45) is 3.34. The Kier molecular flexibility index (Phi) is 4.24. The number of hydrogen-bond acceptors (Lipinski definition) is 2. The van der Waals surface area contributed by atoms with Gasteiger partial charge in [-0.1, -0.05) is 11.6 Å². The van der Waals surface area contributed by atoms with E-state index in [2.05, 4.69) is 5.32 Å². The van der Waals surface area contributed by atoms with Crippen LogP contribution in [0.2, 0.25) is 5.02 Å². The summed E-state index contributed by atoms with van der Waals surface area (Å²) in [5, 5.41) is 3.51. The molecule has 17 heavy (non-hydrogen) atoms. The molecule has 0 amide bonds. The molecule has 1 saturated heterocycles. The lowest BCUT2D eigenvalue weighted by atomic mass is 9.92. The van der Waals surface area contributed by atoms with Crippen LogP contribution in [0.5, 0.6) is 5.75 Å². The summed E-state index contributed by atoms with van der Waals surface area (Å²) in [4.78, 5) is 0. The Morgan fingerprint density at radius 2 is 2.35 bits per heavy atom. The number of methoxy groups -OCH3 is 1. The number of nitrogens with one attached hydrogen (secondary N) is 1. The topological polar surface area (TPSA) is 21.3 Å². The van der Waals surface area contributed by atoms with E-state index in [9.17, 15) is 4.39 Å². The van der Waals surface area contributed by atoms with Crippen molar-refractivity contribution in [2.45, 2.75) is 19.3 Å². The van der Waals surface area contributed by atoms with Gasteiger partial charge in [0.15, 0.2) is 11.6 Å². The van der Waals surface area contributed by atoms with Crippen molar-refractivity contribution in [2.75, 3.05) is 20.2 Å². The van der Waals surface area contributed by atoms with Gasteiger partial charge in [-0.3, -0.25) is 0 Å². The summed E-state index contributed by atoms with van der Waals surface area (Å²) in [6.45, 7) is 2.13. The Balaban J connectivity index is 2.12. The molecule has 1 N–H and O–H groups in total. The molecular formula is C13H17ClFNO. The molecule has 1 heterocycles. The van der Waals surface area contributed by atoms with E-state index in [1.807, 2.05) is 0 Å². The lowest BCUT2D eigenvalue weighted by Gasteiger charge is -2.23. The number of benzene rings is 1. The third-order valence-electron chi connectivity index (χ3n) is 3.20. The van der Waals surface area contributed by atoms with Crippen LogP contribution in [-0.2, 0) is 6.42 Å². The van der Waals surface area contributed by atoms with Gasteiger partial charge in [0.25, 0.3) is 0 Å². The molecule has 0 aromatic heterocycles. The zero-order valence-corrected chi connectivity index (χ0v) is 10.7. The predicted octanol–water partition coefficient (Wildman–Crippen LogP) is 3.03. The van der Waals surface area contributed by atoms with Crippen molar-refractivity contribution < 1.29 is 9.13 Å². The van der Waals surface area contributed by atoms with Crippen LogP contribution < -0.4 is 10.1 Å². The van der Waals surface area contributed by atoms with Gasteiger partial charge in [-0.2, -0.15) is 0 Å². The third kappa shape index (κ3) is 3.11. The van der Waals surface area contributed by atoms with Crippen molar-refractivity contribution in [1.29, 1.82) is 0 Å². The van der Waals surface area contributed by atoms with Gasteiger partial charge in [-0.05, 0) is 56.0 Å². The van der Waals surface area contributed by atoms with Crippen molar-refractivity contribution >= 4 is 11.6 Å². The molecule has 1 aromatic rings. The molecule has 0 radical (unpaired) electrons. The molecule has 1 aliphatic heterocycles. The molecule has 0 bridgehead atoms. The monoisotopic (exact) mass is 257 g/mol. The van der Waals surface area contributed by atoms with Crippen molar-refractivity contribution in [2.24, 2.45) is 5.92 Å². The highest BCUT2D eigenvalue weighted by molar-refractivity contribution is 6.31. The van der Waals surface area contributed by atoms with E-state index in [0.29, 0.717) is 5.92 Å². The Morgan fingerprint density at radius 3 is 3.00 bits per heavy atom. The molecule has 1 unspecified atom stereocenters. The molecule has 0 saturated carbocycles. The van der Waals surface area contributed by atoms with Crippen LogP contribution in [0, 0.1) is 11.7 Å². The van der Waals surface area contributed by atoms with Gasteiger partial charge in [-0.25, -0.2) is 4.39 Å². The second kappa shape index (κ2) is 5.69. The first kappa shape index (κ1) is 12.7. The van der Waals surface area contributed by atoms with Crippen LogP contribution in [0.4, 0.5) is 4.39 Å². The Labute approximate surface area is 106 Å². The van der Waals surface area contributed by atoms with Gasteiger partial charge in [0.2, 0.25) is 0 Å². The van der Waals surface area contributed by atoms with Crippen LogP contribution in [0.15, 0.2) is 12.1 Å². The second-order valence-corrected chi connectivity index (χ2v) is 4.92. The van der Waals surface area contributed by atoms with Crippen LogP contribution in [-0.4, -0.2) is 20.2 Å². The number of hydrogen-bond donors (Lipinski definition) is 1. The van der Waals surface area contributed by atoms with Crippen LogP contribution in [0.3, 0.4) is 0 Å². The average molecular weight is 258 g/mol. The first-order valence-corrected chi connectivity index (χ1v) is 6.31. The molecule has 4 heteroatoms. The van der Waals surface area contributed by atoms with Crippen molar-refractivity contribution in [3.05, 3.63) is 28.5 Å². The first-order valence-electron chi connectivity index (χ1n) is 5.93. The fourth-order valence-electron chi connectivity index (χ4n) is 2.32. The summed E-state index contributed by atoms with van der Waals surface area (Å²) < 4.78 is 18.5. The van der Waals surface area contributed by atoms with Gasteiger partial charge in [0.1, 0.15) is 0 Å². The first-order chi connectivity index (χ1) is 8.20. The number of rotatable bonds is 3. The van der Waals surface area contributed by atoms with Gasteiger partial charge in [0.05, 0.1) is 12.1 Å². The lowest BCUT2D eigenvalue weighted by molar-refractivity contribution is 0.371. The van der Waals surface area contributed by atoms with E-state index in [0.717, 1.165) is 25.1 Å². The quantitative estimate of drug-likeness (QED) is 0.899. The van der Waals surface area contributed by atoms with Gasteiger partial charge in [0, 0.05) is 0 Å². The van der Waals surface area contributed by atoms with Gasteiger partial charge < -0.3 is 10.1 Å². The van der Waals surface area contributed by atoms with E-state index in [-0.39, 0.29) is 10.8 Å². The van der Waals surface area contributed by atoms with E-state index in [4.69, 9.17) is 16.3 Å². The average Bonchev–Trinajstić information content (AvgIpc) is 2.35. The van der Waals surface area contributed by atoms with Gasteiger partial charge in [-0.15, -0.1) is 0 Å². The highest BCUT2D eigenvalue weighted by Crippen LogP contribution is 2.28. The molecule has 0 spiro atoms. The standard InChI is InChI=1S/C13H17ClFNO/c1-17-12-7-10(6-11(14)13(12)15)5-9-3-2-4-16-8-9/h6-7,9,16H,2-5,8H2,1H3. The van der Waals surface area contributed by atoms with E-state index >= 15 is 0 Å². The maximum absolute atomic E-state index is 13.5. The Bertz CT molecular complexity index is 391. The Hall–Kier alpha value is -0.800. The molecule has 2 rings (SSSR count). The van der Waals surface area contributed by atoms with E-state index in [1.165, 1.54) is 20.0 Å². The molecule has 1 fully saturated rings. The smallest absolute Gasteiger partial charge is 0.183 e. The van der Waals surface area contributed by atoms with E-state index in [1.54, 1.807) is 12.1 Å². The summed E-state index contributed by atoms with van der Waals surface area (Å²) in [5.74, 6) is 0.367. The summed E-state index contributed by atoms with van der Waals surface area (Å²) in [6, 6.07) is 3.45. The largest absolute Gasteiger partial charge is 0.494 e. The maximum Gasteiger partial charge on any atom is 0.183 e. The third-order valence-corrected chi connectivity index (χ3v) is 3.47. The van der Waals surface area contributed by atoms with Crippen molar-refractivity contribution in [1.82, 2.24) is 5.32 Å². The van der Waals surface area contributed by atoms with Crippen LogP contribution in [0.1, 0.15) is 18.4 Å². The fourth-order valence-corrected chi connectivity index (χ4v) is 2.55. The Morgan fingerprint density at radius 1 is 1.53 bits per heavy atom. The highest BCUT2D eigenvalue weighted by atomic mass is 35.5. The molecule has 1 aliphatic rings. The molecule has 0 aliphatic carbocycles. The second-order valence-electron chi connectivity index (χ2n) is 4.51. The van der Waals surface area contributed by atoms with Crippen molar-refractivity contribution in [3.8, 4) is 5.75 Å². The minimum atomic E-state index is -0.473. The van der Waals surface area contributed by atoms with Crippen LogP contribution in [0.25, 0.3) is 0 Å². The highest BCUT2D eigenvalue weighted by Gasteiger charge is 2.16. The lowest BCUT2D eigenvalue weighted by Crippen LogP contribution is -2.30. The minimum Gasteiger partial charge on any atom is -0.494 e. The summed E-state index contributed by atoms with van der Waals surface area (Å²) in [7, 11) is 1.46. The minimum absolute atomic E-state index is 0.142. The number of ether oxygens (including phenoxy) is 1. The zero-order chi connectivity index (χ0) is 12.3.